The Morgan fingerprint density at radius 3 is 2.52 bits per heavy atom. The molecule has 0 atom stereocenters. The molecular weight excluding hydrogens is 438 g/mol. The Morgan fingerprint density at radius 1 is 1.06 bits per heavy atom. The fourth-order valence-corrected chi connectivity index (χ4v) is 5.64. The van der Waals surface area contributed by atoms with Crippen LogP contribution in [-0.4, -0.2) is 24.8 Å². The number of para-hydroxylation sites is 2. The van der Waals surface area contributed by atoms with E-state index in [1.54, 1.807) is 43.3 Å². The number of nitrogens with one attached hydrogen (secondary N) is 1. The summed E-state index contributed by atoms with van der Waals surface area (Å²) in [5.74, 6) is 0.475. The maximum absolute atomic E-state index is 13.4. The van der Waals surface area contributed by atoms with E-state index in [0.717, 1.165) is 36.8 Å². The first-order valence-electron chi connectivity index (χ1n) is 11.3. The minimum absolute atomic E-state index is 0.0369. The van der Waals surface area contributed by atoms with Crippen LogP contribution >= 0.6 is 0 Å². The van der Waals surface area contributed by atoms with E-state index in [-0.39, 0.29) is 10.5 Å². The van der Waals surface area contributed by atoms with Crippen molar-refractivity contribution in [1.82, 2.24) is 9.78 Å². The van der Waals surface area contributed by atoms with Crippen LogP contribution in [0.25, 0.3) is 11.3 Å². The van der Waals surface area contributed by atoms with Gasteiger partial charge >= 0.3 is 0 Å². The zero-order valence-corrected chi connectivity index (χ0v) is 20.0. The molecule has 4 rings (SSSR count). The van der Waals surface area contributed by atoms with Gasteiger partial charge in [0.25, 0.3) is 15.6 Å². The van der Waals surface area contributed by atoms with E-state index in [2.05, 4.69) is 9.82 Å². The second-order valence-corrected chi connectivity index (χ2v) is 9.80. The largest absolute Gasteiger partial charge is 0.492 e. The summed E-state index contributed by atoms with van der Waals surface area (Å²) in [7, 11) is -3.89. The monoisotopic (exact) mass is 467 g/mol. The first-order chi connectivity index (χ1) is 15.9. The number of aromatic nitrogens is 2. The summed E-state index contributed by atoms with van der Waals surface area (Å²) >= 11 is 0. The van der Waals surface area contributed by atoms with Crippen LogP contribution in [0.1, 0.15) is 43.4 Å². The van der Waals surface area contributed by atoms with Crippen molar-refractivity contribution in [3.63, 3.8) is 0 Å². The summed E-state index contributed by atoms with van der Waals surface area (Å²) in [6.45, 7) is 6.40. The Morgan fingerprint density at radius 2 is 1.79 bits per heavy atom. The average Bonchev–Trinajstić information content (AvgIpc) is 2.81. The van der Waals surface area contributed by atoms with Gasteiger partial charge in [-0.1, -0.05) is 24.3 Å². The lowest BCUT2D eigenvalue weighted by Gasteiger charge is -2.20. The Labute approximate surface area is 194 Å². The van der Waals surface area contributed by atoms with E-state index in [1.807, 2.05) is 19.9 Å². The third kappa shape index (κ3) is 4.53. The SMILES string of the molecule is CCOc1ccccc1NS(=O)(=O)c1cc(-c2nn(CC)c(=O)c3c2CCCC3)ccc1C. The van der Waals surface area contributed by atoms with Crippen LogP contribution in [0.15, 0.2) is 52.2 Å². The van der Waals surface area contributed by atoms with Crippen LogP contribution in [-0.2, 0) is 29.4 Å². The van der Waals surface area contributed by atoms with Crippen molar-refractivity contribution in [2.75, 3.05) is 11.3 Å². The van der Waals surface area contributed by atoms with Crippen molar-refractivity contribution < 1.29 is 13.2 Å². The van der Waals surface area contributed by atoms with E-state index in [9.17, 15) is 13.2 Å². The molecule has 0 bridgehead atoms. The van der Waals surface area contributed by atoms with Gasteiger partial charge in [-0.25, -0.2) is 13.1 Å². The molecule has 7 nitrogen and oxygen atoms in total. The van der Waals surface area contributed by atoms with Crippen molar-refractivity contribution >= 4 is 15.7 Å². The number of benzene rings is 2. The van der Waals surface area contributed by atoms with Crippen molar-refractivity contribution in [1.29, 1.82) is 0 Å². The lowest BCUT2D eigenvalue weighted by Crippen LogP contribution is -2.30. The fourth-order valence-electron chi connectivity index (χ4n) is 4.30. The number of hydrogen-bond donors (Lipinski definition) is 1. The Hall–Kier alpha value is -3.13. The van der Waals surface area contributed by atoms with E-state index in [4.69, 9.17) is 4.74 Å². The van der Waals surface area contributed by atoms with Crippen molar-refractivity contribution in [2.45, 2.75) is 57.9 Å². The van der Waals surface area contributed by atoms with Crippen molar-refractivity contribution in [2.24, 2.45) is 0 Å². The lowest BCUT2D eigenvalue weighted by atomic mass is 9.89. The summed E-state index contributed by atoms with van der Waals surface area (Å²) in [6.07, 6.45) is 3.47. The third-order valence-corrected chi connectivity index (χ3v) is 7.46. The summed E-state index contributed by atoms with van der Waals surface area (Å²) < 4.78 is 36.5. The molecule has 33 heavy (non-hydrogen) atoms. The molecule has 0 radical (unpaired) electrons. The quantitative estimate of drug-likeness (QED) is 0.559. The number of fused-ring (bicyclic) bond motifs is 1. The number of sulfonamides is 1. The maximum atomic E-state index is 13.4. The molecule has 1 N–H and O–H groups in total. The predicted octanol–water partition coefficient (Wildman–Crippen LogP) is 4.32. The Kier molecular flexibility index (Phi) is 6.56. The van der Waals surface area contributed by atoms with Gasteiger partial charge in [0.2, 0.25) is 0 Å². The molecule has 0 saturated carbocycles. The molecule has 8 heteroatoms. The molecule has 0 fully saturated rings. The molecular formula is C25H29N3O4S. The first kappa shape index (κ1) is 23.0. The van der Waals surface area contributed by atoms with Crippen LogP contribution in [0.2, 0.25) is 0 Å². The van der Waals surface area contributed by atoms with Crippen LogP contribution in [0, 0.1) is 6.92 Å². The summed E-state index contributed by atoms with van der Waals surface area (Å²) in [6, 6.07) is 12.3. The number of anilines is 1. The first-order valence-corrected chi connectivity index (χ1v) is 12.8. The summed E-state index contributed by atoms with van der Waals surface area (Å²) in [5, 5.41) is 4.62. The standard InChI is InChI=1S/C25H29N3O4S/c1-4-28-25(29)20-11-7-6-10-19(20)24(26-28)18-15-14-17(3)23(16-18)33(30,31)27-21-12-8-9-13-22(21)32-5-2/h8-9,12-16,27H,4-7,10-11H2,1-3H3. The van der Waals surface area contributed by atoms with Crippen molar-refractivity contribution in [3.8, 4) is 17.0 Å². The van der Waals surface area contributed by atoms with E-state index < -0.39 is 10.0 Å². The Bertz CT molecular complexity index is 1350. The maximum Gasteiger partial charge on any atom is 0.270 e. The number of nitrogens with zero attached hydrogens (tertiary/aromatic N) is 2. The molecule has 2 aromatic carbocycles. The molecule has 0 unspecified atom stereocenters. The smallest absolute Gasteiger partial charge is 0.270 e. The third-order valence-electron chi connectivity index (χ3n) is 5.95. The summed E-state index contributed by atoms with van der Waals surface area (Å²) in [5.41, 5.74) is 4.11. The second kappa shape index (κ2) is 9.39. The van der Waals surface area contributed by atoms with Gasteiger partial charge < -0.3 is 4.74 Å². The molecule has 0 saturated heterocycles. The van der Waals surface area contributed by atoms with Crippen LogP contribution in [0.3, 0.4) is 0 Å². The molecule has 3 aromatic rings. The molecule has 0 spiro atoms. The lowest BCUT2D eigenvalue weighted by molar-refractivity contribution is 0.342. The highest BCUT2D eigenvalue weighted by Crippen LogP contribution is 2.32. The number of hydrogen-bond acceptors (Lipinski definition) is 5. The van der Waals surface area contributed by atoms with Gasteiger partial charge in [0.1, 0.15) is 5.75 Å². The molecule has 174 valence electrons. The fraction of sp³-hybridized carbons (Fsp3) is 0.360. The number of ether oxygens (including phenoxy) is 1. The molecule has 1 heterocycles. The van der Waals surface area contributed by atoms with Gasteiger partial charge in [0.15, 0.2) is 0 Å². The van der Waals surface area contributed by atoms with Gasteiger partial charge in [0, 0.05) is 17.7 Å². The topological polar surface area (TPSA) is 90.3 Å². The van der Waals surface area contributed by atoms with E-state index in [1.165, 1.54) is 4.68 Å². The second-order valence-electron chi connectivity index (χ2n) is 8.15. The molecule has 1 aliphatic carbocycles. The highest BCUT2D eigenvalue weighted by molar-refractivity contribution is 7.92. The average molecular weight is 468 g/mol. The normalized spacial score (nSPS) is 13.4. The van der Waals surface area contributed by atoms with Gasteiger partial charge in [-0.05, 0) is 75.8 Å². The van der Waals surface area contributed by atoms with Gasteiger partial charge in [-0.2, -0.15) is 5.10 Å². The predicted molar refractivity (Wildman–Crippen MR) is 129 cm³/mol. The Balaban J connectivity index is 1.81. The van der Waals surface area contributed by atoms with Gasteiger partial charge in [-0.15, -0.1) is 0 Å². The van der Waals surface area contributed by atoms with Gasteiger partial charge in [0.05, 0.1) is 22.9 Å². The zero-order chi connectivity index (χ0) is 23.6. The number of aryl methyl sites for hydroxylation is 2. The van der Waals surface area contributed by atoms with E-state index >= 15 is 0 Å². The minimum Gasteiger partial charge on any atom is -0.492 e. The summed E-state index contributed by atoms with van der Waals surface area (Å²) in [4.78, 5) is 13.0. The molecule has 0 amide bonds. The highest BCUT2D eigenvalue weighted by atomic mass is 32.2. The minimum atomic E-state index is -3.89. The molecule has 1 aromatic heterocycles. The van der Waals surface area contributed by atoms with E-state index in [0.29, 0.717) is 41.4 Å². The van der Waals surface area contributed by atoms with Crippen LogP contribution < -0.4 is 15.0 Å². The molecule has 1 aliphatic rings. The van der Waals surface area contributed by atoms with Crippen LogP contribution in [0.4, 0.5) is 5.69 Å². The van der Waals surface area contributed by atoms with Crippen molar-refractivity contribution in [3.05, 3.63) is 69.5 Å². The number of rotatable bonds is 7. The van der Waals surface area contributed by atoms with Crippen LogP contribution in [0.5, 0.6) is 5.75 Å². The van der Waals surface area contributed by atoms with Gasteiger partial charge in [-0.3, -0.25) is 9.52 Å². The zero-order valence-electron chi connectivity index (χ0n) is 19.2. The molecule has 0 aliphatic heterocycles. The highest BCUT2D eigenvalue weighted by Gasteiger charge is 2.24.